The molecule has 0 saturated carbocycles. The van der Waals surface area contributed by atoms with Crippen LogP contribution in [0.25, 0.3) is 0 Å². The number of ether oxygens (including phenoxy) is 1. The van der Waals surface area contributed by atoms with Crippen LogP contribution in [0.15, 0.2) is 24.3 Å². The first-order chi connectivity index (χ1) is 12.4. The molecular weight excluding hydrogens is 399 g/mol. The molecule has 1 aromatic carbocycles. The summed E-state index contributed by atoms with van der Waals surface area (Å²) in [4.78, 5) is 19.4. The Balaban J connectivity index is 0.00000196. The number of likely N-dealkylation sites (tertiary alicyclic amines) is 1. The molecule has 8 heteroatoms. The van der Waals surface area contributed by atoms with Crippen molar-refractivity contribution in [3.8, 4) is 5.75 Å². The van der Waals surface area contributed by atoms with E-state index in [1.54, 1.807) is 21.0 Å². The number of piperidine rings is 1. The molecule has 1 atom stereocenters. The summed E-state index contributed by atoms with van der Waals surface area (Å²) in [6, 6.07) is 8.64. The van der Waals surface area contributed by atoms with Gasteiger partial charge in [-0.05, 0) is 38.8 Å². The van der Waals surface area contributed by atoms with E-state index in [9.17, 15) is 4.79 Å². The van der Waals surface area contributed by atoms with Crippen molar-refractivity contribution in [1.29, 1.82) is 0 Å². The van der Waals surface area contributed by atoms with Gasteiger partial charge in [-0.3, -0.25) is 9.69 Å². The molecule has 0 aromatic heterocycles. The fraction of sp³-hybridized carbons (Fsp3) is 0.650. The predicted octanol–water partition coefficient (Wildman–Crippen LogP) is 2.39. The number of anilines is 1. The number of nitrogens with zero attached hydrogens (tertiary/aromatic N) is 3. The summed E-state index contributed by atoms with van der Waals surface area (Å²) in [6.07, 6.45) is 2.21. The number of methoxy groups -OCH3 is 1. The lowest BCUT2D eigenvalue weighted by molar-refractivity contribution is -0.138. The Morgan fingerprint density at radius 2 is 1.75 bits per heavy atom. The standard InChI is InChI=1S/C20H32N4O2.2ClH/c1-20(2,21)19(25)24-10-6-7-16(15-24)22-11-13-23(14-12-22)17-8-4-5-9-18(17)26-3;;/h4-5,8-9,16H,6-7,10-15,21H2,1-3H3;2*1H. The minimum Gasteiger partial charge on any atom is -0.495 e. The van der Waals surface area contributed by atoms with Crippen molar-refractivity contribution in [2.24, 2.45) is 5.73 Å². The smallest absolute Gasteiger partial charge is 0.242 e. The minimum absolute atomic E-state index is 0. The molecule has 28 heavy (non-hydrogen) atoms. The maximum absolute atomic E-state index is 12.5. The number of hydrogen-bond donors (Lipinski definition) is 1. The van der Waals surface area contributed by atoms with Gasteiger partial charge in [-0.25, -0.2) is 0 Å². The van der Waals surface area contributed by atoms with Crippen LogP contribution in [-0.4, -0.2) is 73.7 Å². The number of carbonyl (C=O) groups excluding carboxylic acids is 1. The molecule has 0 bridgehead atoms. The molecule has 2 saturated heterocycles. The summed E-state index contributed by atoms with van der Waals surface area (Å²) in [7, 11) is 1.72. The van der Waals surface area contributed by atoms with E-state index in [0.717, 1.165) is 57.9 Å². The van der Waals surface area contributed by atoms with Gasteiger partial charge in [0.25, 0.3) is 0 Å². The Labute approximate surface area is 181 Å². The first-order valence-corrected chi connectivity index (χ1v) is 9.60. The third kappa shape index (κ3) is 5.66. The van der Waals surface area contributed by atoms with Crippen molar-refractivity contribution >= 4 is 36.4 Å². The van der Waals surface area contributed by atoms with Gasteiger partial charge in [-0.1, -0.05) is 12.1 Å². The second-order valence-electron chi connectivity index (χ2n) is 7.96. The molecule has 1 amide bonds. The second-order valence-corrected chi connectivity index (χ2v) is 7.96. The van der Waals surface area contributed by atoms with E-state index in [2.05, 4.69) is 21.9 Å². The number of halogens is 2. The Morgan fingerprint density at radius 1 is 1.11 bits per heavy atom. The zero-order chi connectivity index (χ0) is 18.7. The van der Waals surface area contributed by atoms with Gasteiger partial charge in [0.2, 0.25) is 5.91 Å². The molecular formula is C20H34Cl2N4O2. The SMILES string of the molecule is COc1ccccc1N1CCN(C2CCCN(C(=O)C(C)(C)N)C2)CC1.Cl.Cl. The Hall–Kier alpha value is -1.21. The summed E-state index contributed by atoms with van der Waals surface area (Å²) in [5, 5.41) is 0. The Bertz CT molecular complexity index is 631. The van der Waals surface area contributed by atoms with E-state index >= 15 is 0 Å². The van der Waals surface area contributed by atoms with Crippen molar-refractivity contribution in [2.75, 3.05) is 51.3 Å². The van der Waals surface area contributed by atoms with Crippen molar-refractivity contribution in [3.63, 3.8) is 0 Å². The van der Waals surface area contributed by atoms with E-state index in [1.807, 2.05) is 17.0 Å². The number of para-hydroxylation sites is 2. The van der Waals surface area contributed by atoms with Crippen LogP contribution in [-0.2, 0) is 4.79 Å². The third-order valence-electron chi connectivity index (χ3n) is 5.49. The molecule has 6 nitrogen and oxygen atoms in total. The van der Waals surface area contributed by atoms with Gasteiger partial charge in [0.05, 0.1) is 18.3 Å². The maximum Gasteiger partial charge on any atom is 0.242 e. The van der Waals surface area contributed by atoms with E-state index < -0.39 is 5.54 Å². The molecule has 1 aromatic rings. The van der Waals surface area contributed by atoms with E-state index in [4.69, 9.17) is 10.5 Å². The van der Waals surface area contributed by atoms with Crippen LogP contribution in [0.2, 0.25) is 0 Å². The molecule has 160 valence electrons. The summed E-state index contributed by atoms with van der Waals surface area (Å²) >= 11 is 0. The first kappa shape index (κ1) is 24.8. The number of piperazine rings is 1. The molecule has 0 aliphatic carbocycles. The number of nitrogens with two attached hydrogens (primary N) is 1. The minimum atomic E-state index is -0.787. The summed E-state index contributed by atoms with van der Waals surface area (Å²) in [5.41, 5.74) is 6.40. The highest BCUT2D eigenvalue weighted by Gasteiger charge is 2.34. The van der Waals surface area contributed by atoms with Gasteiger partial charge in [-0.15, -0.1) is 24.8 Å². The van der Waals surface area contributed by atoms with Crippen LogP contribution >= 0.6 is 24.8 Å². The second kappa shape index (κ2) is 10.5. The topological polar surface area (TPSA) is 62.0 Å². The number of amides is 1. The lowest BCUT2D eigenvalue weighted by atomic mass is 9.99. The van der Waals surface area contributed by atoms with Gasteiger partial charge in [0.15, 0.2) is 0 Å². The van der Waals surface area contributed by atoms with Crippen LogP contribution < -0.4 is 15.4 Å². The molecule has 3 rings (SSSR count). The molecule has 2 aliphatic heterocycles. The average molecular weight is 433 g/mol. The normalized spacial score (nSPS) is 20.8. The van der Waals surface area contributed by atoms with Crippen LogP contribution in [0, 0.1) is 0 Å². The molecule has 2 fully saturated rings. The molecule has 2 N–H and O–H groups in total. The largest absolute Gasteiger partial charge is 0.495 e. The van der Waals surface area contributed by atoms with Crippen LogP contribution in [0.4, 0.5) is 5.69 Å². The molecule has 1 unspecified atom stereocenters. The molecule has 0 spiro atoms. The predicted molar refractivity (Wildman–Crippen MR) is 119 cm³/mol. The lowest BCUT2D eigenvalue weighted by Crippen LogP contribution is -2.59. The van der Waals surface area contributed by atoms with Crippen LogP contribution in [0.5, 0.6) is 5.75 Å². The lowest BCUT2D eigenvalue weighted by Gasteiger charge is -2.44. The van der Waals surface area contributed by atoms with Crippen molar-refractivity contribution in [2.45, 2.75) is 38.3 Å². The van der Waals surface area contributed by atoms with Crippen molar-refractivity contribution in [1.82, 2.24) is 9.80 Å². The number of benzene rings is 1. The highest BCUT2D eigenvalue weighted by Crippen LogP contribution is 2.29. The van der Waals surface area contributed by atoms with E-state index in [0.29, 0.717) is 6.04 Å². The summed E-state index contributed by atoms with van der Waals surface area (Å²) in [5.74, 6) is 0.996. The quantitative estimate of drug-likeness (QED) is 0.790. The summed E-state index contributed by atoms with van der Waals surface area (Å²) in [6.45, 7) is 9.20. The maximum atomic E-state index is 12.5. The highest BCUT2D eigenvalue weighted by atomic mass is 35.5. The average Bonchev–Trinajstić information content (AvgIpc) is 2.67. The number of rotatable bonds is 4. The highest BCUT2D eigenvalue weighted by molar-refractivity contribution is 5.86. The van der Waals surface area contributed by atoms with Crippen LogP contribution in [0.3, 0.4) is 0 Å². The van der Waals surface area contributed by atoms with E-state index in [-0.39, 0.29) is 30.7 Å². The fourth-order valence-electron chi connectivity index (χ4n) is 4.06. The van der Waals surface area contributed by atoms with Gasteiger partial charge in [0.1, 0.15) is 5.75 Å². The summed E-state index contributed by atoms with van der Waals surface area (Å²) < 4.78 is 5.50. The van der Waals surface area contributed by atoms with Gasteiger partial charge in [0, 0.05) is 45.3 Å². The number of hydrogen-bond acceptors (Lipinski definition) is 5. The van der Waals surface area contributed by atoms with Gasteiger partial charge in [-0.2, -0.15) is 0 Å². The van der Waals surface area contributed by atoms with Crippen molar-refractivity contribution < 1.29 is 9.53 Å². The third-order valence-corrected chi connectivity index (χ3v) is 5.49. The number of carbonyl (C=O) groups is 1. The van der Waals surface area contributed by atoms with Crippen molar-refractivity contribution in [3.05, 3.63) is 24.3 Å². The molecule has 0 radical (unpaired) electrons. The Kier molecular flexibility index (Phi) is 9.34. The zero-order valence-corrected chi connectivity index (χ0v) is 18.7. The molecule has 2 aliphatic rings. The molecule has 2 heterocycles. The zero-order valence-electron chi connectivity index (χ0n) is 17.1. The Morgan fingerprint density at radius 3 is 2.36 bits per heavy atom. The fourth-order valence-corrected chi connectivity index (χ4v) is 4.06. The van der Waals surface area contributed by atoms with Crippen LogP contribution in [0.1, 0.15) is 26.7 Å². The van der Waals surface area contributed by atoms with E-state index in [1.165, 1.54) is 5.69 Å². The van der Waals surface area contributed by atoms with Gasteiger partial charge < -0.3 is 20.3 Å². The monoisotopic (exact) mass is 432 g/mol. The van der Waals surface area contributed by atoms with Gasteiger partial charge >= 0.3 is 0 Å². The first-order valence-electron chi connectivity index (χ1n) is 9.60.